The van der Waals surface area contributed by atoms with Crippen LogP contribution in [0, 0.1) is 0 Å². The molecule has 1 aromatic heterocycles. The van der Waals surface area contributed by atoms with Gasteiger partial charge in [0.05, 0.1) is 11.8 Å². The number of nitrogens with zero attached hydrogens (tertiary/aromatic N) is 1. The van der Waals surface area contributed by atoms with Crippen LogP contribution in [0.4, 0.5) is 0 Å². The van der Waals surface area contributed by atoms with Crippen LogP contribution >= 0.6 is 15.9 Å². The molecule has 2 atom stereocenters. The van der Waals surface area contributed by atoms with Crippen molar-refractivity contribution in [2.75, 3.05) is 6.61 Å². The summed E-state index contributed by atoms with van der Waals surface area (Å²) in [6.07, 6.45) is 6.57. The third-order valence-electron chi connectivity index (χ3n) is 2.95. The van der Waals surface area contributed by atoms with Gasteiger partial charge in [0.1, 0.15) is 0 Å². The number of ether oxygens (including phenoxy) is 1. The van der Waals surface area contributed by atoms with E-state index in [9.17, 15) is 0 Å². The Hall–Kier alpha value is -0.450. The van der Waals surface area contributed by atoms with Crippen LogP contribution in [0.3, 0.4) is 0 Å². The molecule has 2 heterocycles. The maximum Gasteiger partial charge on any atom is 0.0576 e. The number of pyridine rings is 1. The summed E-state index contributed by atoms with van der Waals surface area (Å²) in [5, 5.41) is 0. The molecule has 1 aliphatic heterocycles. The van der Waals surface area contributed by atoms with Crippen LogP contribution in [0.5, 0.6) is 0 Å². The standard InChI is InChI=1S/C12H17BrN2O/c13-9-3-6-12(15-8-9)11(14)5-4-10-2-1-7-16-10/h3,6,8,10-11H,1-2,4-5,7,14H2. The average molecular weight is 285 g/mol. The van der Waals surface area contributed by atoms with Gasteiger partial charge in [-0.1, -0.05) is 0 Å². The number of rotatable bonds is 4. The predicted octanol–water partition coefficient (Wildman–Crippen LogP) is 2.80. The van der Waals surface area contributed by atoms with Gasteiger partial charge < -0.3 is 10.5 Å². The van der Waals surface area contributed by atoms with Crippen molar-refractivity contribution in [3.8, 4) is 0 Å². The molecule has 16 heavy (non-hydrogen) atoms. The molecule has 0 saturated carbocycles. The molecule has 88 valence electrons. The molecule has 1 aliphatic rings. The van der Waals surface area contributed by atoms with Crippen molar-refractivity contribution in [2.45, 2.75) is 37.8 Å². The summed E-state index contributed by atoms with van der Waals surface area (Å²) in [6, 6.07) is 3.98. The molecular weight excluding hydrogens is 268 g/mol. The molecule has 4 heteroatoms. The maximum absolute atomic E-state index is 6.09. The largest absolute Gasteiger partial charge is 0.378 e. The minimum atomic E-state index is 0.0253. The first kappa shape index (κ1) is 12.0. The van der Waals surface area contributed by atoms with E-state index in [1.54, 1.807) is 6.20 Å². The number of hydrogen-bond donors (Lipinski definition) is 1. The lowest BCUT2D eigenvalue weighted by Crippen LogP contribution is -2.15. The van der Waals surface area contributed by atoms with E-state index >= 15 is 0 Å². The zero-order valence-electron chi connectivity index (χ0n) is 9.23. The van der Waals surface area contributed by atoms with E-state index in [2.05, 4.69) is 20.9 Å². The van der Waals surface area contributed by atoms with E-state index in [-0.39, 0.29) is 6.04 Å². The Morgan fingerprint density at radius 2 is 2.44 bits per heavy atom. The minimum Gasteiger partial charge on any atom is -0.378 e. The summed E-state index contributed by atoms with van der Waals surface area (Å²) in [7, 11) is 0. The molecule has 0 radical (unpaired) electrons. The van der Waals surface area contributed by atoms with Crippen LogP contribution in [0.2, 0.25) is 0 Å². The Kier molecular flexibility index (Phi) is 4.32. The first-order valence-corrected chi connectivity index (χ1v) is 6.53. The van der Waals surface area contributed by atoms with Gasteiger partial charge in [0.25, 0.3) is 0 Å². The molecule has 2 rings (SSSR count). The van der Waals surface area contributed by atoms with E-state index < -0.39 is 0 Å². The van der Waals surface area contributed by atoms with Gasteiger partial charge in [-0.15, -0.1) is 0 Å². The topological polar surface area (TPSA) is 48.1 Å². The minimum absolute atomic E-state index is 0.0253. The Morgan fingerprint density at radius 3 is 3.06 bits per heavy atom. The quantitative estimate of drug-likeness (QED) is 0.925. The second-order valence-corrected chi connectivity index (χ2v) is 5.14. The molecule has 1 aromatic rings. The highest BCUT2D eigenvalue weighted by molar-refractivity contribution is 9.10. The van der Waals surface area contributed by atoms with Crippen molar-refractivity contribution in [1.82, 2.24) is 4.98 Å². The molecule has 0 aromatic carbocycles. The van der Waals surface area contributed by atoms with E-state index in [1.807, 2.05) is 12.1 Å². The summed E-state index contributed by atoms with van der Waals surface area (Å²) in [5.41, 5.74) is 7.05. The fourth-order valence-corrected chi connectivity index (χ4v) is 2.23. The van der Waals surface area contributed by atoms with Crippen LogP contribution in [0.25, 0.3) is 0 Å². The maximum atomic E-state index is 6.09. The number of halogens is 1. The van der Waals surface area contributed by atoms with Gasteiger partial charge in [-0.2, -0.15) is 0 Å². The van der Waals surface area contributed by atoms with Crippen LogP contribution in [0.15, 0.2) is 22.8 Å². The predicted molar refractivity (Wildman–Crippen MR) is 67.1 cm³/mol. The molecule has 2 unspecified atom stereocenters. The fraction of sp³-hybridized carbons (Fsp3) is 0.583. The van der Waals surface area contributed by atoms with Crippen LogP contribution in [-0.2, 0) is 4.74 Å². The highest BCUT2D eigenvalue weighted by Gasteiger charge is 2.17. The molecule has 3 nitrogen and oxygen atoms in total. The summed E-state index contributed by atoms with van der Waals surface area (Å²) in [6.45, 7) is 0.913. The van der Waals surface area contributed by atoms with Crippen molar-refractivity contribution in [2.24, 2.45) is 5.73 Å². The van der Waals surface area contributed by atoms with E-state index in [0.717, 1.165) is 29.6 Å². The Balaban J connectivity index is 1.82. The lowest BCUT2D eigenvalue weighted by Gasteiger charge is -2.14. The third kappa shape index (κ3) is 3.27. The average Bonchev–Trinajstić information content (AvgIpc) is 2.80. The normalized spacial score (nSPS) is 22.2. The van der Waals surface area contributed by atoms with Crippen LogP contribution in [0.1, 0.15) is 37.4 Å². The first-order chi connectivity index (χ1) is 7.75. The third-order valence-corrected chi connectivity index (χ3v) is 3.42. The van der Waals surface area contributed by atoms with E-state index in [4.69, 9.17) is 10.5 Å². The van der Waals surface area contributed by atoms with Crippen molar-refractivity contribution < 1.29 is 4.74 Å². The van der Waals surface area contributed by atoms with Crippen molar-refractivity contribution in [3.63, 3.8) is 0 Å². The smallest absolute Gasteiger partial charge is 0.0576 e. The van der Waals surface area contributed by atoms with Crippen molar-refractivity contribution >= 4 is 15.9 Å². The van der Waals surface area contributed by atoms with E-state index in [1.165, 1.54) is 12.8 Å². The molecule has 0 bridgehead atoms. The summed E-state index contributed by atoms with van der Waals surface area (Å²) in [5.74, 6) is 0. The van der Waals surface area contributed by atoms with Gasteiger partial charge in [0.2, 0.25) is 0 Å². The highest BCUT2D eigenvalue weighted by Crippen LogP contribution is 2.22. The van der Waals surface area contributed by atoms with Crippen molar-refractivity contribution in [1.29, 1.82) is 0 Å². The van der Waals surface area contributed by atoms with Gasteiger partial charge in [0, 0.05) is 23.3 Å². The van der Waals surface area contributed by atoms with E-state index in [0.29, 0.717) is 6.10 Å². The first-order valence-electron chi connectivity index (χ1n) is 5.74. The van der Waals surface area contributed by atoms with Gasteiger partial charge >= 0.3 is 0 Å². The Morgan fingerprint density at radius 1 is 1.56 bits per heavy atom. The number of nitrogens with two attached hydrogens (primary N) is 1. The lowest BCUT2D eigenvalue weighted by atomic mass is 10.0. The van der Waals surface area contributed by atoms with Crippen molar-refractivity contribution in [3.05, 3.63) is 28.5 Å². The van der Waals surface area contributed by atoms with Crippen LogP contribution in [-0.4, -0.2) is 17.7 Å². The van der Waals surface area contributed by atoms with Gasteiger partial charge in [0.15, 0.2) is 0 Å². The molecule has 1 fully saturated rings. The number of hydrogen-bond acceptors (Lipinski definition) is 3. The zero-order chi connectivity index (χ0) is 11.4. The second kappa shape index (κ2) is 5.75. The zero-order valence-corrected chi connectivity index (χ0v) is 10.8. The Labute approximate surface area is 105 Å². The van der Waals surface area contributed by atoms with Gasteiger partial charge in [-0.3, -0.25) is 4.98 Å². The summed E-state index contributed by atoms with van der Waals surface area (Å²) in [4.78, 5) is 4.31. The summed E-state index contributed by atoms with van der Waals surface area (Å²) < 4.78 is 6.56. The molecule has 0 aliphatic carbocycles. The summed E-state index contributed by atoms with van der Waals surface area (Å²) >= 11 is 3.36. The molecule has 2 N–H and O–H groups in total. The molecule has 0 spiro atoms. The van der Waals surface area contributed by atoms with Gasteiger partial charge in [-0.25, -0.2) is 0 Å². The second-order valence-electron chi connectivity index (χ2n) is 4.22. The Bertz CT molecular complexity index is 322. The van der Waals surface area contributed by atoms with Crippen LogP contribution < -0.4 is 5.73 Å². The molecule has 0 amide bonds. The fourth-order valence-electron chi connectivity index (χ4n) is 1.99. The molecule has 1 saturated heterocycles. The highest BCUT2D eigenvalue weighted by atomic mass is 79.9. The SMILES string of the molecule is NC(CCC1CCCO1)c1ccc(Br)cn1. The monoisotopic (exact) mass is 284 g/mol. The molecular formula is C12H17BrN2O. The number of aromatic nitrogens is 1. The van der Waals surface area contributed by atoms with Gasteiger partial charge in [-0.05, 0) is 53.7 Å². The lowest BCUT2D eigenvalue weighted by molar-refractivity contribution is 0.101.